The van der Waals surface area contributed by atoms with Crippen LogP contribution in [-0.2, 0) is 6.42 Å². The molecule has 0 aliphatic carbocycles. The van der Waals surface area contributed by atoms with Gasteiger partial charge in [0, 0.05) is 4.88 Å². The summed E-state index contributed by atoms with van der Waals surface area (Å²) < 4.78 is 0.783. The molecule has 0 saturated carbocycles. The number of benzene rings is 1. The molecular weight excluding hydrogens is 259 g/mol. The maximum atomic E-state index is 6.39. The Balaban J connectivity index is 2.23. The van der Waals surface area contributed by atoms with Crippen LogP contribution in [0.3, 0.4) is 0 Å². The van der Waals surface area contributed by atoms with E-state index < -0.39 is 0 Å². The van der Waals surface area contributed by atoms with Crippen LogP contribution in [0.2, 0.25) is 4.34 Å². The zero-order chi connectivity index (χ0) is 11.5. The molecule has 0 aliphatic heterocycles. The smallest absolute Gasteiger partial charge is 0.0931 e. The lowest BCUT2D eigenvalue weighted by atomic mass is 10.1. The maximum absolute atomic E-state index is 6.39. The van der Waals surface area contributed by atoms with E-state index in [4.69, 9.17) is 23.2 Å². The molecule has 0 fully saturated rings. The molecule has 0 nitrogen and oxygen atoms in total. The number of hydrogen-bond donors (Lipinski definition) is 0. The molecule has 1 atom stereocenters. The third kappa shape index (κ3) is 2.60. The molecule has 2 aromatic rings. The Hall–Kier alpha value is -0.500. The van der Waals surface area contributed by atoms with E-state index in [0.717, 1.165) is 21.2 Å². The number of aryl methyl sites for hydroxylation is 1. The lowest BCUT2D eigenvalue weighted by Gasteiger charge is -2.08. The predicted octanol–water partition coefficient (Wildman–Crippen LogP) is 5.29. The molecule has 0 aliphatic rings. The number of alkyl halides is 1. The fourth-order valence-corrected chi connectivity index (χ4v) is 2.97. The van der Waals surface area contributed by atoms with E-state index in [0.29, 0.717) is 0 Å². The highest BCUT2D eigenvalue weighted by Gasteiger charge is 2.12. The Morgan fingerprint density at radius 3 is 2.31 bits per heavy atom. The van der Waals surface area contributed by atoms with E-state index in [-0.39, 0.29) is 5.38 Å². The number of hydrogen-bond acceptors (Lipinski definition) is 1. The van der Waals surface area contributed by atoms with Crippen LogP contribution in [0.15, 0.2) is 36.4 Å². The maximum Gasteiger partial charge on any atom is 0.0931 e. The monoisotopic (exact) mass is 270 g/mol. The van der Waals surface area contributed by atoms with Crippen molar-refractivity contribution in [1.82, 2.24) is 0 Å². The van der Waals surface area contributed by atoms with Crippen molar-refractivity contribution in [2.45, 2.75) is 18.7 Å². The molecule has 0 radical (unpaired) electrons. The van der Waals surface area contributed by atoms with Crippen molar-refractivity contribution in [2.75, 3.05) is 0 Å². The molecule has 0 spiro atoms. The fraction of sp³-hybridized carbons (Fsp3) is 0.231. The van der Waals surface area contributed by atoms with Gasteiger partial charge in [0.25, 0.3) is 0 Å². The topological polar surface area (TPSA) is 0 Å². The molecule has 1 aromatic heterocycles. The van der Waals surface area contributed by atoms with Crippen molar-refractivity contribution in [1.29, 1.82) is 0 Å². The van der Waals surface area contributed by atoms with E-state index in [1.165, 1.54) is 16.9 Å². The minimum Gasteiger partial charge on any atom is -0.127 e. The Morgan fingerprint density at radius 1 is 1.12 bits per heavy atom. The van der Waals surface area contributed by atoms with Crippen molar-refractivity contribution in [3.8, 4) is 0 Å². The SMILES string of the molecule is CCc1ccc(C(Cl)c2ccc(Cl)s2)cc1. The van der Waals surface area contributed by atoms with Crippen LogP contribution < -0.4 is 0 Å². The first kappa shape index (κ1) is 12.0. The molecule has 0 N–H and O–H groups in total. The molecule has 1 unspecified atom stereocenters. The van der Waals surface area contributed by atoms with Crippen LogP contribution in [0.1, 0.15) is 28.3 Å². The number of rotatable bonds is 3. The molecule has 84 valence electrons. The van der Waals surface area contributed by atoms with Crippen molar-refractivity contribution in [3.63, 3.8) is 0 Å². The largest absolute Gasteiger partial charge is 0.127 e. The van der Waals surface area contributed by atoms with Crippen LogP contribution in [0.25, 0.3) is 0 Å². The normalized spacial score (nSPS) is 12.7. The quantitative estimate of drug-likeness (QED) is 0.665. The van der Waals surface area contributed by atoms with E-state index in [9.17, 15) is 0 Å². The van der Waals surface area contributed by atoms with E-state index in [1.807, 2.05) is 12.1 Å². The Labute approximate surface area is 110 Å². The second-order valence-electron chi connectivity index (χ2n) is 3.60. The molecule has 1 aromatic carbocycles. The lowest BCUT2D eigenvalue weighted by molar-refractivity contribution is 1.11. The first-order valence-electron chi connectivity index (χ1n) is 5.19. The van der Waals surface area contributed by atoms with Gasteiger partial charge in [-0.25, -0.2) is 0 Å². The highest BCUT2D eigenvalue weighted by Crippen LogP contribution is 2.35. The zero-order valence-electron chi connectivity index (χ0n) is 8.91. The van der Waals surface area contributed by atoms with Gasteiger partial charge in [-0.15, -0.1) is 22.9 Å². The minimum atomic E-state index is -0.0941. The van der Waals surface area contributed by atoms with Gasteiger partial charge in [0.15, 0.2) is 0 Å². The van der Waals surface area contributed by atoms with E-state index in [1.54, 1.807) is 0 Å². The van der Waals surface area contributed by atoms with Crippen LogP contribution in [0.4, 0.5) is 0 Å². The summed E-state index contributed by atoms with van der Waals surface area (Å²) in [7, 11) is 0. The van der Waals surface area contributed by atoms with Crippen LogP contribution in [0, 0.1) is 0 Å². The fourth-order valence-electron chi connectivity index (χ4n) is 1.55. The molecule has 0 amide bonds. The molecule has 1 heterocycles. The first-order chi connectivity index (χ1) is 7.70. The summed E-state index contributed by atoms with van der Waals surface area (Å²) in [5, 5.41) is -0.0941. The van der Waals surface area contributed by atoms with Crippen molar-refractivity contribution in [2.24, 2.45) is 0 Å². The number of halogens is 2. The first-order valence-corrected chi connectivity index (χ1v) is 6.82. The zero-order valence-corrected chi connectivity index (χ0v) is 11.2. The van der Waals surface area contributed by atoms with Crippen LogP contribution in [0.5, 0.6) is 0 Å². The Morgan fingerprint density at radius 2 is 1.81 bits per heavy atom. The summed E-state index contributed by atoms with van der Waals surface area (Å²) in [6.07, 6.45) is 1.05. The van der Waals surface area contributed by atoms with Crippen molar-refractivity contribution in [3.05, 3.63) is 56.7 Å². The average molecular weight is 271 g/mol. The summed E-state index contributed by atoms with van der Waals surface area (Å²) in [6.45, 7) is 2.15. The van der Waals surface area contributed by atoms with Gasteiger partial charge < -0.3 is 0 Å². The highest BCUT2D eigenvalue weighted by molar-refractivity contribution is 7.16. The summed E-state index contributed by atoms with van der Waals surface area (Å²) >= 11 is 13.8. The molecule has 2 rings (SSSR count). The van der Waals surface area contributed by atoms with Crippen molar-refractivity contribution >= 4 is 34.5 Å². The van der Waals surface area contributed by atoms with Gasteiger partial charge in [0.2, 0.25) is 0 Å². The summed E-state index contributed by atoms with van der Waals surface area (Å²) in [5.41, 5.74) is 2.45. The summed E-state index contributed by atoms with van der Waals surface area (Å²) in [5.74, 6) is 0. The molecule has 16 heavy (non-hydrogen) atoms. The van der Waals surface area contributed by atoms with Gasteiger partial charge in [-0.2, -0.15) is 0 Å². The summed E-state index contributed by atoms with van der Waals surface area (Å²) in [6, 6.07) is 12.3. The predicted molar refractivity (Wildman–Crippen MR) is 72.8 cm³/mol. The van der Waals surface area contributed by atoms with Gasteiger partial charge in [-0.05, 0) is 29.7 Å². The molecule has 3 heteroatoms. The summed E-state index contributed by atoms with van der Waals surface area (Å²) in [4.78, 5) is 1.09. The van der Waals surface area contributed by atoms with E-state index >= 15 is 0 Å². The van der Waals surface area contributed by atoms with Gasteiger partial charge >= 0.3 is 0 Å². The van der Waals surface area contributed by atoms with Crippen LogP contribution in [-0.4, -0.2) is 0 Å². The Bertz CT molecular complexity index is 459. The third-order valence-corrected chi connectivity index (χ3v) is 4.44. The molecule has 0 bridgehead atoms. The Kier molecular flexibility index (Phi) is 3.91. The van der Waals surface area contributed by atoms with Gasteiger partial charge in [-0.1, -0.05) is 42.8 Å². The minimum absolute atomic E-state index is 0.0941. The van der Waals surface area contributed by atoms with Crippen molar-refractivity contribution < 1.29 is 0 Å². The second kappa shape index (κ2) is 5.22. The van der Waals surface area contributed by atoms with Gasteiger partial charge in [0.05, 0.1) is 9.71 Å². The second-order valence-corrected chi connectivity index (χ2v) is 5.78. The van der Waals surface area contributed by atoms with Gasteiger partial charge in [-0.3, -0.25) is 0 Å². The number of thiophene rings is 1. The van der Waals surface area contributed by atoms with Gasteiger partial charge in [0.1, 0.15) is 0 Å². The van der Waals surface area contributed by atoms with E-state index in [2.05, 4.69) is 31.2 Å². The average Bonchev–Trinajstić information content (AvgIpc) is 2.75. The lowest BCUT2D eigenvalue weighted by Crippen LogP contribution is -1.90. The highest BCUT2D eigenvalue weighted by atomic mass is 35.5. The standard InChI is InChI=1S/C13H12Cl2S/c1-2-9-3-5-10(6-4-9)13(15)11-7-8-12(14)16-11/h3-8,13H,2H2,1H3. The molecular formula is C13H12Cl2S. The third-order valence-electron chi connectivity index (χ3n) is 2.52. The molecule has 0 saturated heterocycles. The van der Waals surface area contributed by atoms with Crippen LogP contribution >= 0.6 is 34.5 Å².